The molecule has 0 spiro atoms. The van der Waals surface area contributed by atoms with Crippen LogP contribution in [0.2, 0.25) is 0 Å². The highest BCUT2D eigenvalue weighted by molar-refractivity contribution is 7.11. The number of nitrogens with zero attached hydrogens (tertiary/aromatic N) is 3. The first-order valence-corrected chi connectivity index (χ1v) is 9.89. The number of aromatic nitrogens is 2. The Balaban J connectivity index is 2.05. The normalized spacial score (nSPS) is 14.8. The van der Waals surface area contributed by atoms with Gasteiger partial charge in [0.15, 0.2) is 5.96 Å². The molecule has 0 radical (unpaired) electrons. The van der Waals surface area contributed by atoms with Gasteiger partial charge in [0.1, 0.15) is 5.82 Å². The number of imidazole rings is 1. The summed E-state index contributed by atoms with van der Waals surface area (Å²) in [5.74, 6) is -0.0345. The number of aliphatic hydroxyl groups is 1. The van der Waals surface area contributed by atoms with Crippen LogP contribution in [-0.4, -0.2) is 39.9 Å². The maximum absolute atomic E-state index is 13.5. The van der Waals surface area contributed by atoms with Crippen molar-refractivity contribution < 1.29 is 18.3 Å². The molecule has 0 saturated heterocycles. The van der Waals surface area contributed by atoms with Gasteiger partial charge >= 0.3 is 6.18 Å². The molecule has 2 aromatic heterocycles. The third-order valence-electron chi connectivity index (χ3n) is 4.24. The molecule has 10 heteroatoms. The summed E-state index contributed by atoms with van der Waals surface area (Å²) in [6, 6.07) is 4.05. The lowest BCUT2D eigenvalue weighted by atomic mass is 9.97. The molecule has 2 heterocycles. The van der Waals surface area contributed by atoms with Gasteiger partial charge < -0.3 is 20.3 Å². The van der Waals surface area contributed by atoms with Gasteiger partial charge in [-0.2, -0.15) is 13.2 Å². The molecule has 0 bridgehead atoms. The lowest BCUT2D eigenvalue weighted by Crippen LogP contribution is -2.47. The molecule has 0 aliphatic rings. The van der Waals surface area contributed by atoms with E-state index in [-0.39, 0.29) is 6.54 Å². The fourth-order valence-corrected chi connectivity index (χ4v) is 3.58. The third kappa shape index (κ3) is 5.26. The van der Waals surface area contributed by atoms with E-state index < -0.39 is 24.0 Å². The van der Waals surface area contributed by atoms with Crippen LogP contribution in [0.3, 0.4) is 0 Å². The van der Waals surface area contributed by atoms with E-state index in [2.05, 4.69) is 27.5 Å². The Hall–Kier alpha value is -2.07. The summed E-state index contributed by atoms with van der Waals surface area (Å²) >= 11 is 1.66. The number of guanidine groups is 1. The molecule has 0 saturated carbocycles. The zero-order valence-corrected chi connectivity index (χ0v) is 17.0. The Morgan fingerprint density at radius 1 is 1.25 bits per heavy atom. The molecule has 28 heavy (non-hydrogen) atoms. The van der Waals surface area contributed by atoms with Crippen molar-refractivity contribution in [1.82, 2.24) is 20.2 Å². The number of nitrogens with one attached hydrogen (secondary N) is 2. The summed E-state index contributed by atoms with van der Waals surface area (Å²) in [5.41, 5.74) is -3.04. The van der Waals surface area contributed by atoms with Crippen molar-refractivity contribution in [1.29, 1.82) is 0 Å². The molecule has 3 N–H and O–H groups in total. The summed E-state index contributed by atoms with van der Waals surface area (Å²) < 4.78 is 41.8. The second kappa shape index (κ2) is 9.42. The van der Waals surface area contributed by atoms with Crippen LogP contribution in [0.5, 0.6) is 0 Å². The number of aryl methyl sites for hydroxylation is 2. The van der Waals surface area contributed by atoms with E-state index in [0.717, 1.165) is 11.3 Å². The first-order valence-electron chi connectivity index (χ1n) is 9.08. The summed E-state index contributed by atoms with van der Waals surface area (Å²) in [5, 5.41) is 16.2. The fourth-order valence-electron chi connectivity index (χ4n) is 2.70. The highest BCUT2D eigenvalue weighted by Gasteiger charge is 2.57. The van der Waals surface area contributed by atoms with Crippen molar-refractivity contribution in [3.05, 3.63) is 40.1 Å². The van der Waals surface area contributed by atoms with Crippen LogP contribution in [-0.2, 0) is 25.6 Å². The predicted molar refractivity (Wildman–Crippen MR) is 104 cm³/mol. The topological polar surface area (TPSA) is 74.5 Å². The van der Waals surface area contributed by atoms with Crippen LogP contribution in [0.25, 0.3) is 0 Å². The van der Waals surface area contributed by atoms with Crippen molar-refractivity contribution in [2.75, 3.05) is 13.1 Å². The number of halogens is 3. The lowest BCUT2D eigenvalue weighted by molar-refractivity contribution is -0.272. The monoisotopic (exact) mass is 417 g/mol. The Morgan fingerprint density at radius 3 is 2.50 bits per heavy atom. The number of alkyl halides is 3. The van der Waals surface area contributed by atoms with Crippen LogP contribution < -0.4 is 10.6 Å². The molecule has 1 atom stereocenters. The van der Waals surface area contributed by atoms with Crippen LogP contribution >= 0.6 is 11.3 Å². The first kappa shape index (κ1) is 22.2. The van der Waals surface area contributed by atoms with Gasteiger partial charge in [-0.05, 0) is 25.5 Å². The summed E-state index contributed by atoms with van der Waals surface area (Å²) in [6.07, 6.45) is -1.88. The zero-order chi connectivity index (χ0) is 20.8. The van der Waals surface area contributed by atoms with Crippen LogP contribution in [0.15, 0.2) is 29.5 Å². The van der Waals surface area contributed by atoms with Gasteiger partial charge in [-0.15, -0.1) is 11.3 Å². The average molecular weight is 418 g/mol. The number of rotatable bonds is 8. The van der Waals surface area contributed by atoms with Gasteiger partial charge in [0.25, 0.3) is 0 Å². The van der Waals surface area contributed by atoms with Gasteiger partial charge in [-0.3, -0.25) is 0 Å². The highest BCUT2D eigenvalue weighted by Crippen LogP contribution is 2.40. The van der Waals surface area contributed by atoms with Crippen molar-refractivity contribution >= 4 is 17.3 Å². The largest absolute Gasteiger partial charge is 0.424 e. The van der Waals surface area contributed by atoms with E-state index in [1.165, 1.54) is 28.9 Å². The fraction of sp³-hybridized carbons (Fsp3) is 0.556. The van der Waals surface area contributed by atoms with Gasteiger partial charge in [0.05, 0.1) is 6.54 Å². The Bertz CT molecular complexity index is 786. The quantitative estimate of drug-likeness (QED) is 0.456. The van der Waals surface area contributed by atoms with Crippen molar-refractivity contribution in [3.63, 3.8) is 0 Å². The number of hydrogen-bond acceptors (Lipinski definition) is 4. The van der Waals surface area contributed by atoms with Crippen LogP contribution in [0, 0.1) is 0 Å². The highest BCUT2D eigenvalue weighted by atomic mass is 32.1. The van der Waals surface area contributed by atoms with E-state index in [4.69, 9.17) is 0 Å². The number of thiophene rings is 1. The van der Waals surface area contributed by atoms with Crippen LogP contribution in [0.1, 0.15) is 35.8 Å². The van der Waals surface area contributed by atoms with E-state index in [1.54, 1.807) is 11.3 Å². The maximum atomic E-state index is 13.5. The molecule has 156 valence electrons. The van der Waals surface area contributed by atoms with Gasteiger partial charge in [-0.1, -0.05) is 6.92 Å². The second-order valence-corrected chi connectivity index (χ2v) is 7.57. The minimum absolute atomic E-state index is 0.126. The number of hydrogen-bond donors (Lipinski definition) is 3. The summed E-state index contributed by atoms with van der Waals surface area (Å²) in [6.45, 7) is 4.83. The smallest absolute Gasteiger partial charge is 0.374 e. The first-order chi connectivity index (χ1) is 13.2. The molecular formula is C18H26F3N5OS. The van der Waals surface area contributed by atoms with Crippen molar-refractivity contribution in [3.8, 4) is 0 Å². The zero-order valence-electron chi connectivity index (χ0n) is 16.2. The van der Waals surface area contributed by atoms with E-state index in [1.807, 2.05) is 19.1 Å². The SMILES string of the molecule is CCNC(=NCc1ccc(CC)s1)NCCC(O)(c1nccn1C)C(F)(F)F. The summed E-state index contributed by atoms with van der Waals surface area (Å²) in [7, 11) is 1.42. The maximum Gasteiger partial charge on any atom is 0.424 e. The molecule has 0 fully saturated rings. The second-order valence-electron chi connectivity index (χ2n) is 6.31. The lowest BCUT2D eigenvalue weighted by Gasteiger charge is -2.30. The van der Waals surface area contributed by atoms with Gasteiger partial charge in [0.2, 0.25) is 5.60 Å². The van der Waals surface area contributed by atoms with E-state index in [9.17, 15) is 18.3 Å². The minimum Gasteiger partial charge on any atom is -0.374 e. The minimum atomic E-state index is -4.85. The summed E-state index contributed by atoms with van der Waals surface area (Å²) in [4.78, 5) is 10.4. The average Bonchev–Trinajstić information content (AvgIpc) is 3.27. The molecule has 6 nitrogen and oxygen atoms in total. The van der Waals surface area contributed by atoms with Crippen molar-refractivity contribution in [2.24, 2.45) is 12.0 Å². The standard InChI is InChI=1S/C18H26F3N5OS/c1-4-13-6-7-14(28-13)12-25-16(22-5-2)24-9-8-17(27,18(19,20)21)15-23-10-11-26(15)3/h6-7,10-11,27H,4-5,8-9,12H2,1-3H3,(H2,22,24,25). The van der Waals surface area contributed by atoms with Gasteiger partial charge in [0, 0.05) is 48.7 Å². The molecule has 0 aliphatic heterocycles. The molecule has 1 unspecified atom stereocenters. The molecule has 0 amide bonds. The van der Waals surface area contributed by atoms with Gasteiger partial charge in [-0.25, -0.2) is 9.98 Å². The molecule has 0 aromatic carbocycles. The Kier molecular flexibility index (Phi) is 7.48. The predicted octanol–water partition coefficient (Wildman–Crippen LogP) is 2.94. The van der Waals surface area contributed by atoms with Crippen molar-refractivity contribution in [2.45, 2.75) is 45.0 Å². The molecular weight excluding hydrogens is 391 g/mol. The van der Waals surface area contributed by atoms with Crippen LogP contribution in [0.4, 0.5) is 13.2 Å². The molecule has 2 aromatic rings. The Labute approximate surface area is 166 Å². The van der Waals surface area contributed by atoms with E-state index >= 15 is 0 Å². The third-order valence-corrected chi connectivity index (χ3v) is 5.46. The number of aliphatic imine (C=N–C) groups is 1. The van der Waals surface area contributed by atoms with E-state index in [0.29, 0.717) is 19.0 Å². The Morgan fingerprint density at radius 2 is 1.96 bits per heavy atom. The molecule has 0 aliphatic carbocycles. The molecule has 2 rings (SSSR count).